The fraction of sp³-hybridized carbons (Fsp3) is 0.727. The van der Waals surface area contributed by atoms with E-state index in [1.54, 1.807) is 20.8 Å². The van der Waals surface area contributed by atoms with Gasteiger partial charge in [0.25, 0.3) is 0 Å². The summed E-state index contributed by atoms with van der Waals surface area (Å²) in [6, 6.07) is 0. The summed E-state index contributed by atoms with van der Waals surface area (Å²) in [5.41, 5.74) is -0.530. The van der Waals surface area contributed by atoms with Gasteiger partial charge in [-0.25, -0.2) is 0 Å². The SMILES string of the molecule is CCOC(=O)C1C(/C=C(\Cl)C(F)(F)F)C1(C)C. The maximum atomic E-state index is 12.2. The second-order valence-corrected chi connectivity index (χ2v) is 5.00. The van der Waals surface area contributed by atoms with Crippen molar-refractivity contribution in [2.45, 2.75) is 26.9 Å². The van der Waals surface area contributed by atoms with Crippen molar-refractivity contribution < 1.29 is 22.7 Å². The van der Waals surface area contributed by atoms with Crippen LogP contribution in [0.5, 0.6) is 0 Å². The van der Waals surface area contributed by atoms with Gasteiger partial charge < -0.3 is 4.74 Å². The van der Waals surface area contributed by atoms with Crippen LogP contribution in [-0.4, -0.2) is 18.8 Å². The highest BCUT2D eigenvalue weighted by atomic mass is 35.5. The smallest absolute Gasteiger partial charge is 0.426 e. The zero-order valence-corrected chi connectivity index (χ0v) is 10.5. The number of hydrogen-bond donors (Lipinski definition) is 0. The molecule has 0 heterocycles. The molecule has 0 aromatic carbocycles. The van der Waals surface area contributed by atoms with E-state index in [1.165, 1.54) is 0 Å². The van der Waals surface area contributed by atoms with E-state index in [2.05, 4.69) is 0 Å². The molecule has 0 N–H and O–H groups in total. The molecule has 1 aliphatic rings. The third kappa shape index (κ3) is 2.94. The number of alkyl halides is 3. The predicted octanol–water partition coefficient (Wildman–Crippen LogP) is 3.51. The van der Waals surface area contributed by atoms with Crippen LogP contribution in [0.4, 0.5) is 13.2 Å². The molecule has 0 spiro atoms. The van der Waals surface area contributed by atoms with Crippen molar-refractivity contribution >= 4 is 17.6 Å². The van der Waals surface area contributed by atoms with Crippen LogP contribution < -0.4 is 0 Å². The molecular weight excluding hydrogens is 257 g/mol. The van der Waals surface area contributed by atoms with Crippen molar-refractivity contribution in [3.8, 4) is 0 Å². The number of halogens is 4. The molecule has 0 aromatic rings. The number of hydrogen-bond acceptors (Lipinski definition) is 2. The molecule has 6 heteroatoms. The Kier molecular flexibility index (Phi) is 3.81. The number of rotatable bonds is 3. The van der Waals surface area contributed by atoms with E-state index in [0.29, 0.717) is 0 Å². The lowest BCUT2D eigenvalue weighted by Gasteiger charge is -2.04. The lowest BCUT2D eigenvalue weighted by molar-refractivity contribution is -0.145. The summed E-state index contributed by atoms with van der Waals surface area (Å²) in [6.07, 6.45) is -3.65. The molecule has 2 atom stereocenters. The van der Waals surface area contributed by atoms with Crippen LogP contribution >= 0.6 is 11.6 Å². The average Bonchev–Trinajstić information content (AvgIpc) is 2.67. The molecule has 0 saturated heterocycles. The monoisotopic (exact) mass is 270 g/mol. The predicted molar refractivity (Wildman–Crippen MR) is 57.4 cm³/mol. The summed E-state index contributed by atoms with van der Waals surface area (Å²) in [5, 5.41) is -1.18. The highest BCUT2D eigenvalue weighted by molar-refractivity contribution is 6.30. The van der Waals surface area contributed by atoms with E-state index in [0.717, 1.165) is 6.08 Å². The number of esters is 1. The van der Waals surface area contributed by atoms with Gasteiger partial charge in [0, 0.05) is 0 Å². The van der Waals surface area contributed by atoms with Gasteiger partial charge in [-0.05, 0) is 18.3 Å². The van der Waals surface area contributed by atoms with E-state index < -0.39 is 34.4 Å². The van der Waals surface area contributed by atoms with Crippen LogP contribution in [0, 0.1) is 17.3 Å². The number of carbonyl (C=O) groups is 1. The summed E-state index contributed by atoms with van der Waals surface area (Å²) in [6.45, 7) is 5.31. The van der Waals surface area contributed by atoms with Crippen molar-refractivity contribution in [3.05, 3.63) is 11.1 Å². The first kappa shape index (κ1) is 14.4. The van der Waals surface area contributed by atoms with Crippen molar-refractivity contribution in [3.63, 3.8) is 0 Å². The van der Waals surface area contributed by atoms with E-state index in [9.17, 15) is 18.0 Å². The van der Waals surface area contributed by atoms with Gasteiger partial charge in [-0.3, -0.25) is 4.79 Å². The van der Waals surface area contributed by atoms with E-state index in [4.69, 9.17) is 16.3 Å². The van der Waals surface area contributed by atoms with Crippen LogP contribution in [0.2, 0.25) is 0 Å². The van der Waals surface area contributed by atoms with E-state index >= 15 is 0 Å². The van der Waals surface area contributed by atoms with Gasteiger partial charge in [-0.2, -0.15) is 13.2 Å². The van der Waals surface area contributed by atoms with Crippen molar-refractivity contribution in [1.29, 1.82) is 0 Å². The number of allylic oxidation sites excluding steroid dienone is 2. The summed E-state index contributed by atoms with van der Waals surface area (Å²) < 4.78 is 41.6. The molecule has 1 saturated carbocycles. The highest BCUT2D eigenvalue weighted by Gasteiger charge is 2.62. The second kappa shape index (κ2) is 4.52. The second-order valence-electron chi connectivity index (χ2n) is 4.59. The molecule has 98 valence electrons. The fourth-order valence-corrected chi connectivity index (χ4v) is 2.06. The molecule has 0 amide bonds. The first-order chi connectivity index (χ1) is 7.62. The Morgan fingerprint density at radius 3 is 2.41 bits per heavy atom. The Morgan fingerprint density at radius 1 is 1.47 bits per heavy atom. The van der Waals surface area contributed by atoms with Gasteiger partial charge in [0.15, 0.2) is 0 Å². The molecule has 1 aliphatic carbocycles. The standard InChI is InChI=1S/C11H14ClF3O2/c1-4-17-9(16)8-6(10(8,2)3)5-7(12)11(13,14)15/h5-6,8H,4H2,1-3H3/b7-5-. The molecule has 2 nitrogen and oxygen atoms in total. The number of ether oxygens (including phenoxy) is 1. The van der Waals surface area contributed by atoms with Gasteiger partial charge in [0.2, 0.25) is 0 Å². The molecular formula is C11H14ClF3O2. The Balaban J connectivity index is 2.79. The third-order valence-electron chi connectivity index (χ3n) is 3.05. The first-order valence-electron chi connectivity index (χ1n) is 5.23. The van der Waals surface area contributed by atoms with Crippen LogP contribution in [0.3, 0.4) is 0 Å². The van der Waals surface area contributed by atoms with Gasteiger partial charge in [-0.15, -0.1) is 0 Å². The molecule has 0 aromatic heterocycles. The summed E-state index contributed by atoms with van der Waals surface area (Å²) in [4.78, 5) is 11.5. The molecule has 0 radical (unpaired) electrons. The molecule has 1 rings (SSSR count). The minimum Gasteiger partial charge on any atom is -0.466 e. The zero-order chi connectivity index (χ0) is 13.4. The maximum Gasteiger partial charge on any atom is 0.426 e. The molecule has 1 fully saturated rings. The normalized spacial score (nSPS) is 27.8. The third-order valence-corrected chi connectivity index (χ3v) is 3.39. The van der Waals surface area contributed by atoms with Gasteiger partial charge >= 0.3 is 12.1 Å². The van der Waals surface area contributed by atoms with Crippen molar-refractivity contribution in [2.24, 2.45) is 17.3 Å². The Hall–Kier alpha value is -0.710. The summed E-state index contributed by atoms with van der Waals surface area (Å²) in [5.74, 6) is -1.53. The first-order valence-corrected chi connectivity index (χ1v) is 5.61. The fourth-order valence-electron chi connectivity index (χ4n) is 1.92. The molecule has 2 unspecified atom stereocenters. The van der Waals surface area contributed by atoms with Crippen molar-refractivity contribution in [1.82, 2.24) is 0 Å². The van der Waals surface area contributed by atoms with Crippen LogP contribution in [0.25, 0.3) is 0 Å². The molecule has 0 bridgehead atoms. The van der Waals surface area contributed by atoms with Gasteiger partial charge in [-0.1, -0.05) is 31.5 Å². The Bertz CT molecular complexity index is 347. The summed E-state index contributed by atoms with van der Waals surface area (Å²) in [7, 11) is 0. The van der Waals surface area contributed by atoms with Crippen LogP contribution in [-0.2, 0) is 9.53 Å². The van der Waals surface area contributed by atoms with E-state index in [-0.39, 0.29) is 6.61 Å². The average molecular weight is 271 g/mol. The van der Waals surface area contributed by atoms with Crippen LogP contribution in [0.1, 0.15) is 20.8 Å². The highest BCUT2D eigenvalue weighted by Crippen LogP contribution is 2.60. The lowest BCUT2D eigenvalue weighted by Crippen LogP contribution is -2.10. The minimum absolute atomic E-state index is 0.217. The molecule has 17 heavy (non-hydrogen) atoms. The lowest BCUT2D eigenvalue weighted by atomic mass is 10.1. The Labute approximate surface area is 103 Å². The van der Waals surface area contributed by atoms with Crippen molar-refractivity contribution in [2.75, 3.05) is 6.61 Å². The van der Waals surface area contributed by atoms with Gasteiger partial charge in [0.05, 0.1) is 12.5 Å². The van der Waals surface area contributed by atoms with E-state index in [1.807, 2.05) is 0 Å². The topological polar surface area (TPSA) is 26.3 Å². The molecule has 0 aliphatic heterocycles. The quantitative estimate of drug-likeness (QED) is 0.734. The largest absolute Gasteiger partial charge is 0.466 e. The maximum absolute atomic E-state index is 12.2. The van der Waals surface area contributed by atoms with Gasteiger partial charge in [0.1, 0.15) is 5.03 Å². The Morgan fingerprint density at radius 2 is 2.00 bits per heavy atom. The van der Waals surface area contributed by atoms with Crippen LogP contribution in [0.15, 0.2) is 11.1 Å². The summed E-state index contributed by atoms with van der Waals surface area (Å²) >= 11 is 5.15. The minimum atomic E-state index is -4.56. The zero-order valence-electron chi connectivity index (χ0n) is 9.77. The number of carbonyl (C=O) groups excluding carboxylic acids is 1.